The summed E-state index contributed by atoms with van der Waals surface area (Å²) in [5, 5.41) is -0.693. The van der Waals surface area contributed by atoms with Gasteiger partial charge < -0.3 is 9.88 Å². The average Bonchev–Trinajstić information content (AvgIpc) is 2.75. The lowest BCUT2D eigenvalue weighted by atomic mass is 10.1. The van der Waals surface area contributed by atoms with Crippen LogP contribution in [0.3, 0.4) is 0 Å². The number of hydrogen-bond donors (Lipinski definition) is 1. The number of aromatic nitrogens is 1. The lowest BCUT2D eigenvalue weighted by Gasteiger charge is -2.20. The van der Waals surface area contributed by atoms with Crippen molar-refractivity contribution in [3.63, 3.8) is 0 Å². The van der Waals surface area contributed by atoms with Gasteiger partial charge in [-0.25, -0.2) is 8.42 Å². The molecular formula is C17H17ClN2O4S. The Hall–Kier alpha value is -2.12. The van der Waals surface area contributed by atoms with E-state index in [4.69, 9.17) is 11.6 Å². The number of carbonyl (C=O) groups is 1. The van der Waals surface area contributed by atoms with Crippen molar-refractivity contribution in [1.82, 2.24) is 9.88 Å². The summed E-state index contributed by atoms with van der Waals surface area (Å²) in [5.74, 6) is -0.447. The summed E-state index contributed by atoms with van der Waals surface area (Å²) in [5.41, 5.74) is 0.504. The van der Waals surface area contributed by atoms with Crippen LogP contribution in [-0.2, 0) is 9.84 Å². The molecule has 6 nitrogen and oxygen atoms in total. The van der Waals surface area contributed by atoms with Crippen LogP contribution >= 0.6 is 11.6 Å². The Balaban J connectivity index is 1.84. The molecule has 1 N–H and O–H groups in total. The molecule has 2 aromatic rings. The third-order valence-electron chi connectivity index (χ3n) is 4.30. The molecular weight excluding hydrogens is 364 g/mol. The Labute approximate surface area is 150 Å². The van der Waals surface area contributed by atoms with E-state index >= 15 is 0 Å². The van der Waals surface area contributed by atoms with Gasteiger partial charge >= 0.3 is 0 Å². The molecule has 1 aliphatic rings. The van der Waals surface area contributed by atoms with E-state index in [0.29, 0.717) is 13.0 Å². The van der Waals surface area contributed by atoms with E-state index in [0.717, 1.165) is 5.56 Å². The second-order valence-electron chi connectivity index (χ2n) is 5.91. The SMILES string of the molecule is O=C(c1c[nH]c(=O)c(Cl)c1)N1CCC(c2ccccc2)S(=O)(=O)CC1. The van der Waals surface area contributed by atoms with Gasteiger partial charge in [-0.15, -0.1) is 0 Å². The van der Waals surface area contributed by atoms with Crippen molar-refractivity contribution in [2.24, 2.45) is 0 Å². The van der Waals surface area contributed by atoms with Crippen molar-refractivity contribution < 1.29 is 13.2 Å². The summed E-state index contributed by atoms with van der Waals surface area (Å²) in [4.78, 5) is 27.8. The molecule has 1 amide bonds. The number of rotatable bonds is 2. The number of sulfone groups is 1. The number of H-pyrrole nitrogens is 1. The molecule has 25 heavy (non-hydrogen) atoms. The van der Waals surface area contributed by atoms with Gasteiger partial charge in [0.15, 0.2) is 9.84 Å². The van der Waals surface area contributed by atoms with Crippen LogP contribution in [-0.4, -0.2) is 43.1 Å². The molecule has 1 aromatic heterocycles. The second kappa shape index (κ2) is 7.01. The minimum Gasteiger partial charge on any atom is -0.338 e. The standard InChI is InChI=1S/C17H17ClN2O4S/c18-14-10-13(11-19-16(14)21)17(22)20-7-6-15(25(23,24)9-8-20)12-4-2-1-3-5-12/h1-5,10-11,15H,6-9H2,(H,19,21). The number of benzene rings is 1. The Morgan fingerprint density at radius 2 is 1.92 bits per heavy atom. The molecule has 1 aromatic carbocycles. The van der Waals surface area contributed by atoms with Crippen LogP contribution in [0.2, 0.25) is 5.02 Å². The van der Waals surface area contributed by atoms with Crippen molar-refractivity contribution in [3.05, 3.63) is 69.1 Å². The van der Waals surface area contributed by atoms with Crippen LogP contribution in [0.1, 0.15) is 27.6 Å². The maximum absolute atomic E-state index is 12.6. The van der Waals surface area contributed by atoms with Crippen molar-refractivity contribution in [1.29, 1.82) is 0 Å². The third-order valence-corrected chi connectivity index (χ3v) is 6.71. The van der Waals surface area contributed by atoms with E-state index in [1.165, 1.54) is 17.2 Å². The van der Waals surface area contributed by atoms with E-state index < -0.39 is 20.6 Å². The number of nitrogens with zero attached hydrogens (tertiary/aromatic N) is 1. The normalized spacial score (nSPS) is 20.0. The van der Waals surface area contributed by atoms with E-state index in [-0.39, 0.29) is 28.8 Å². The van der Waals surface area contributed by atoms with Crippen molar-refractivity contribution >= 4 is 27.3 Å². The van der Waals surface area contributed by atoms with Gasteiger partial charge in [0, 0.05) is 19.3 Å². The minimum absolute atomic E-state index is 0.0737. The lowest BCUT2D eigenvalue weighted by molar-refractivity contribution is 0.0766. The molecule has 1 unspecified atom stereocenters. The van der Waals surface area contributed by atoms with Crippen molar-refractivity contribution in [2.45, 2.75) is 11.7 Å². The number of pyridine rings is 1. The summed E-state index contributed by atoms with van der Waals surface area (Å²) in [6.45, 7) is 0.426. The fraction of sp³-hybridized carbons (Fsp3) is 0.294. The predicted molar refractivity (Wildman–Crippen MR) is 95.6 cm³/mol. The maximum Gasteiger partial charge on any atom is 0.266 e. The van der Waals surface area contributed by atoms with Crippen molar-refractivity contribution in [2.75, 3.05) is 18.8 Å². The molecule has 0 radical (unpaired) electrons. The molecule has 1 atom stereocenters. The zero-order valence-electron chi connectivity index (χ0n) is 13.3. The monoisotopic (exact) mass is 380 g/mol. The molecule has 0 aliphatic carbocycles. The third kappa shape index (κ3) is 3.77. The molecule has 132 valence electrons. The fourth-order valence-electron chi connectivity index (χ4n) is 2.95. The van der Waals surface area contributed by atoms with E-state index in [1.807, 2.05) is 6.07 Å². The Morgan fingerprint density at radius 1 is 1.20 bits per heavy atom. The second-order valence-corrected chi connectivity index (χ2v) is 8.62. The van der Waals surface area contributed by atoms with Gasteiger partial charge in [0.2, 0.25) is 0 Å². The minimum atomic E-state index is -3.35. The zero-order chi connectivity index (χ0) is 18.0. The summed E-state index contributed by atoms with van der Waals surface area (Å²) >= 11 is 5.77. The topological polar surface area (TPSA) is 87.3 Å². The Kier molecular flexibility index (Phi) is 4.96. The van der Waals surface area contributed by atoms with Gasteiger partial charge in [0.1, 0.15) is 5.02 Å². The highest BCUT2D eigenvalue weighted by Gasteiger charge is 2.32. The molecule has 0 spiro atoms. The number of amides is 1. The highest BCUT2D eigenvalue weighted by atomic mass is 35.5. The smallest absolute Gasteiger partial charge is 0.266 e. The van der Waals surface area contributed by atoms with Crippen LogP contribution in [0.15, 0.2) is 47.4 Å². The van der Waals surface area contributed by atoms with E-state index in [2.05, 4.69) is 4.98 Å². The van der Waals surface area contributed by atoms with E-state index in [9.17, 15) is 18.0 Å². The first-order chi connectivity index (χ1) is 11.9. The largest absolute Gasteiger partial charge is 0.338 e. The maximum atomic E-state index is 12.6. The number of nitrogens with one attached hydrogen (secondary N) is 1. The lowest BCUT2D eigenvalue weighted by Crippen LogP contribution is -2.34. The fourth-order valence-corrected chi connectivity index (χ4v) is 4.92. The number of halogens is 1. The first kappa shape index (κ1) is 17.7. The molecule has 0 bridgehead atoms. The summed E-state index contributed by atoms with van der Waals surface area (Å²) in [6.07, 6.45) is 1.62. The molecule has 1 aliphatic heterocycles. The number of hydrogen-bond acceptors (Lipinski definition) is 4. The molecule has 0 saturated carbocycles. The predicted octanol–water partition coefficient (Wildman–Crippen LogP) is 2.03. The van der Waals surface area contributed by atoms with Crippen molar-refractivity contribution in [3.8, 4) is 0 Å². The number of aromatic amines is 1. The Bertz CT molecular complexity index is 941. The first-order valence-electron chi connectivity index (χ1n) is 7.82. The van der Waals surface area contributed by atoms with Gasteiger partial charge in [0.25, 0.3) is 11.5 Å². The van der Waals surface area contributed by atoms with Crippen LogP contribution in [0.25, 0.3) is 0 Å². The zero-order valence-corrected chi connectivity index (χ0v) is 14.9. The van der Waals surface area contributed by atoms with E-state index in [1.54, 1.807) is 24.3 Å². The highest BCUT2D eigenvalue weighted by Crippen LogP contribution is 2.29. The molecule has 2 heterocycles. The summed E-state index contributed by atoms with van der Waals surface area (Å²) in [7, 11) is -3.35. The van der Waals surface area contributed by atoms with Gasteiger partial charge in [-0.3, -0.25) is 9.59 Å². The summed E-state index contributed by atoms with van der Waals surface area (Å²) in [6, 6.07) is 10.3. The molecule has 1 saturated heterocycles. The van der Waals surface area contributed by atoms with Gasteiger partial charge in [0.05, 0.1) is 16.6 Å². The Morgan fingerprint density at radius 3 is 2.60 bits per heavy atom. The van der Waals surface area contributed by atoms with Crippen LogP contribution < -0.4 is 5.56 Å². The van der Waals surface area contributed by atoms with Gasteiger partial charge in [-0.1, -0.05) is 41.9 Å². The van der Waals surface area contributed by atoms with Crippen LogP contribution in [0.5, 0.6) is 0 Å². The molecule has 1 fully saturated rings. The van der Waals surface area contributed by atoms with Crippen LogP contribution in [0.4, 0.5) is 0 Å². The van der Waals surface area contributed by atoms with Gasteiger partial charge in [-0.2, -0.15) is 0 Å². The first-order valence-corrected chi connectivity index (χ1v) is 9.92. The molecule has 3 rings (SSSR count). The molecule has 8 heteroatoms. The van der Waals surface area contributed by atoms with Crippen LogP contribution in [0, 0.1) is 0 Å². The number of carbonyl (C=O) groups excluding carboxylic acids is 1. The van der Waals surface area contributed by atoms with Gasteiger partial charge in [-0.05, 0) is 18.1 Å². The quantitative estimate of drug-likeness (QED) is 0.863. The average molecular weight is 381 g/mol. The highest BCUT2D eigenvalue weighted by molar-refractivity contribution is 7.91. The summed E-state index contributed by atoms with van der Waals surface area (Å²) < 4.78 is 25.2.